The van der Waals surface area contributed by atoms with E-state index in [0.29, 0.717) is 6.54 Å². The highest BCUT2D eigenvalue weighted by atomic mass is 16.3. The SMILES string of the molecule is CC(O)(CN)CCCN1CCCCc2ccccc21. The second-order valence-corrected chi connectivity index (χ2v) is 5.88. The van der Waals surface area contributed by atoms with E-state index in [0.717, 1.165) is 25.9 Å². The average molecular weight is 262 g/mol. The molecule has 0 bridgehead atoms. The number of nitrogens with two attached hydrogens (primary N) is 1. The maximum Gasteiger partial charge on any atom is 0.0742 e. The van der Waals surface area contributed by atoms with Crippen molar-refractivity contribution in [2.24, 2.45) is 5.73 Å². The summed E-state index contributed by atoms with van der Waals surface area (Å²) in [5.41, 5.74) is 7.69. The Kier molecular flexibility index (Phi) is 4.83. The molecule has 0 amide bonds. The van der Waals surface area contributed by atoms with Gasteiger partial charge in [-0.05, 0) is 50.7 Å². The van der Waals surface area contributed by atoms with Gasteiger partial charge in [0.05, 0.1) is 5.60 Å². The van der Waals surface area contributed by atoms with E-state index in [1.165, 1.54) is 30.5 Å². The van der Waals surface area contributed by atoms with Crippen LogP contribution in [0.4, 0.5) is 5.69 Å². The van der Waals surface area contributed by atoms with E-state index < -0.39 is 5.60 Å². The van der Waals surface area contributed by atoms with Crippen LogP contribution in [0.25, 0.3) is 0 Å². The minimum atomic E-state index is -0.717. The van der Waals surface area contributed by atoms with Gasteiger partial charge in [0.15, 0.2) is 0 Å². The molecule has 3 heteroatoms. The molecule has 0 aromatic heterocycles. The van der Waals surface area contributed by atoms with Gasteiger partial charge in [-0.15, -0.1) is 0 Å². The molecule has 1 aromatic carbocycles. The lowest BCUT2D eigenvalue weighted by molar-refractivity contribution is 0.0584. The maximum absolute atomic E-state index is 9.96. The summed E-state index contributed by atoms with van der Waals surface area (Å²) in [6, 6.07) is 8.71. The molecule has 2 rings (SSSR count). The lowest BCUT2D eigenvalue weighted by atomic mass is 10.0. The Morgan fingerprint density at radius 2 is 2.11 bits per heavy atom. The van der Waals surface area contributed by atoms with E-state index in [1.807, 2.05) is 6.92 Å². The summed E-state index contributed by atoms with van der Waals surface area (Å²) in [5, 5.41) is 9.96. The Morgan fingerprint density at radius 3 is 2.89 bits per heavy atom. The monoisotopic (exact) mass is 262 g/mol. The summed E-state index contributed by atoms with van der Waals surface area (Å²) in [4.78, 5) is 2.47. The zero-order valence-corrected chi connectivity index (χ0v) is 11.9. The van der Waals surface area contributed by atoms with E-state index >= 15 is 0 Å². The van der Waals surface area contributed by atoms with Crippen LogP contribution in [0.2, 0.25) is 0 Å². The number of anilines is 1. The molecule has 1 heterocycles. The zero-order valence-electron chi connectivity index (χ0n) is 11.9. The Bertz CT molecular complexity index is 403. The van der Waals surface area contributed by atoms with Crippen molar-refractivity contribution in [2.75, 3.05) is 24.5 Å². The predicted octanol–water partition coefficient (Wildman–Crippen LogP) is 2.32. The number of para-hydroxylation sites is 1. The van der Waals surface area contributed by atoms with Crippen molar-refractivity contribution in [1.29, 1.82) is 0 Å². The average Bonchev–Trinajstić information content (AvgIpc) is 2.61. The van der Waals surface area contributed by atoms with E-state index in [4.69, 9.17) is 5.73 Å². The first kappa shape index (κ1) is 14.4. The number of benzene rings is 1. The smallest absolute Gasteiger partial charge is 0.0742 e. The van der Waals surface area contributed by atoms with Crippen molar-refractivity contribution in [2.45, 2.75) is 44.6 Å². The number of aliphatic hydroxyl groups is 1. The highest BCUT2D eigenvalue weighted by Crippen LogP contribution is 2.26. The molecule has 3 N–H and O–H groups in total. The Labute approximate surface area is 116 Å². The summed E-state index contributed by atoms with van der Waals surface area (Å²) in [6.45, 7) is 4.29. The molecule has 106 valence electrons. The minimum absolute atomic E-state index is 0.337. The molecule has 1 aromatic rings. The van der Waals surface area contributed by atoms with E-state index in [2.05, 4.69) is 29.2 Å². The van der Waals surface area contributed by atoms with E-state index in [1.54, 1.807) is 0 Å². The fourth-order valence-electron chi connectivity index (χ4n) is 2.75. The number of hydrogen-bond donors (Lipinski definition) is 2. The molecule has 1 unspecified atom stereocenters. The number of nitrogens with zero attached hydrogens (tertiary/aromatic N) is 1. The molecule has 0 saturated carbocycles. The van der Waals surface area contributed by atoms with Gasteiger partial charge in [-0.25, -0.2) is 0 Å². The van der Waals surface area contributed by atoms with Crippen LogP contribution in [-0.2, 0) is 6.42 Å². The van der Waals surface area contributed by atoms with Crippen LogP contribution >= 0.6 is 0 Å². The van der Waals surface area contributed by atoms with Gasteiger partial charge in [0.1, 0.15) is 0 Å². The fraction of sp³-hybridized carbons (Fsp3) is 0.625. The van der Waals surface area contributed by atoms with Crippen LogP contribution in [0.5, 0.6) is 0 Å². The second-order valence-electron chi connectivity index (χ2n) is 5.88. The first-order valence-electron chi connectivity index (χ1n) is 7.38. The molecule has 0 radical (unpaired) electrons. The van der Waals surface area contributed by atoms with Gasteiger partial charge < -0.3 is 15.7 Å². The molecule has 1 aliphatic rings. The third-order valence-corrected chi connectivity index (χ3v) is 4.04. The van der Waals surface area contributed by atoms with Crippen LogP contribution < -0.4 is 10.6 Å². The van der Waals surface area contributed by atoms with Gasteiger partial charge >= 0.3 is 0 Å². The Balaban J connectivity index is 1.97. The topological polar surface area (TPSA) is 49.5 Å². The number of hydrogen-bond acceptors (Lipinski definition) is 3. The Morgan fingerprint density at radius 1 is 1.32 bits per heavy atom. The molecule has 0 aliphatic carbocycles. The van der Waals surface area contributed by atoms with Crippen molar-refractivity contribution in [3.8, 4) is 0 Å². The van der Waals surface area contributed by atoms with Gasteiger partial charge in [0.2, 0.25) is 0 Å². The van der Waals surface area contributed by atoms with Gasteiger partial charge in [-0.2, -0.15) is 0 Å². The molecule has 0 spiro atoms. The largest absolute Gasteiger partial charge is 0.389 e. The minimum Gasteiger partial charge on any atom is -0.389 e. The number of aryl methyl sites for hydroxylation is 1. The third-order valence-electron chi connectivity index (χ3n) is 4.04. The number of fused-ring (bicyclic) bond motifs is 1. The lowest BCUT2D eigenvalue weighted by Gasteiger charge is -2.27. The first-order chi connectivity index (χ1) is 9.12. The van der Waals surface area contributed by atoms with E-state index in [-0.39, 0.29) is 0 Å². The van der Waals surface area contributed by atoms with Crippen LogP contribution in [-0.4, -0.2) is 30.3 Å². The van der Waals surface area contributed by atoms with Crippen molar-refractivity contribution in [3.05, 3.63) is 29.8 Å². The molecular formula is C16H26N2O. The molecular weight excluding hydrogens is 236 g/mol. The summed E-state index contributed by atoms with van der Waals surface area (Å²) < 4.78 is 0. The summed E-state index contributed by atoms with van der Waals surface area (Å²) in [7, 11) is 0. The molecule has 1 aliphatic heterocycles. The summed E-state index contributed by atoms with van der Waals surface area (Å²) in [6.07, 6.45) is 5.46. The molecule has 1 atom stereocenters. The standard InChI is InChI=1S/C16H26N2O/c1-16(19,13-17)10-6-12-18-11-5-4-8-14-7-2-3-9-15(14)18/h2-3,7,9,19H,4-6,8,10-13,17H2,1H3. The normalized spacial score (nSPS) is 18.6. The van der Waals surface area contributed by atoms with E-state index in [9.17, 15) is 5.11 Å². The van der Waals surface area contributed by atoms with Gasteiger partial charge in [-0.3, -0.25) is 0 Å². The lowest BCUT2D eigenvalue weighted by Crippen LogP contribution is -2.35. The number of rotatable bonds is 5. The van der Waals surface area contributed by atoms with Crippen LogP contribution in [0, 0.1) is 0 Å². The predicted molar refractivity (Wildman–Crippen MR) is 80.5 cm³/mol. The van der Waals surface area contributed by atoms with Crippen molar-refractivity contribution >= 4 is 5.69 Å². The molecule has 3 nitrogen and oxygen atoms in total. The Hall–Kier alpha value is -1.06. The third kappa shape index (κ3) is 3.95. The zero-order chi connectivity index (χ0) is 13.7. The van der Waals surface area contributed by atoms with Crippen LogP contribution in [0.15, 0.2) is 24.3 Å². The first-order valence-corrected chi connectivity index (χ1v) is 7.38. The van der Waals surface area contributed by atoms with Crippen LogP contribution in [0.3, 0.4) is 0 Å². The van der Waals surface area contributed by atoms with Gasteiger partial charge in [0.25, 0.3) is 0 Å². The highest BCUT2D eigenvalue weighted by molar-refractivity contribution is 5.54. The summed E-state index contributed by atoms with van der Waals surface area (Å²) >= 11 is 0. The maximum atomic E-state index is 9.96. The summed E-state index contributed by atoms with van der Waals surface area (Å²) in [5.74, 6) is 0. The van der Waals surface area contributed by atoms with Gasteiger partial charge in [-0.1, -0.05) is 18.2 Å². The van der Waals surface area contributed by atoms with Gasteiger partial charge in [0, 0.05) is 25.3 Å². The quantitative estimate of drug-likeness (QED) is 0.856. The molecule has 0 saturated heterocycles. The highest BCUT2D eigenvalue weighted by Gasteiger charge is 2.19. The van der Waals surface area contributed by atoms with Crippen molar-refractivity contribution in [1.82, 2.24) is 0 Å². The molecule has 0 fully saturated rings. The van der Waals surface area contributed by atoms with Crippen LogP contribution in [0.1, 0.15) is 38.2 Å². The second kappa shape index (κ2) is 6.40. The molecule has 19 heavy (non-hydrogen) atoms. The fourth-order valence-corrected chi connectivity index (χ4v) is 2.75. The van der Waals surface area contributed by atoms with Crippen molar-refractivity contribution in [3.63, 3.8) is 0 Å². The van der Waals surface area contributed by atoms with Crippen molar-refractivity contribution < 1.29 is 5.11 Å².